The quantitative estimate of drug-likeness (QED) is 0.625. The van der Waals surface area contributed by atoms with Gasteiger partial charge in [0.2, 0.25) is 0 Å². The third-order valence-electron chi connectivity index (χ3n) is 2.10. The zero-order valence-corrected chi connectivity index (χ0v) is 7.79. The molecule has 12 heavy (non-hydrogen) atoms. The minimum Gasteiger partial charge on any atom is -0.381 e. The van der Waals surface area contributed by atoms with Crippen molar-refractivity contribution in [2.24, 2.45) is 11.7 Å². The number of ether oxygens (including phenoxy) is 2. The van der Waals surface area contributed by atoms with Gasteiger partial charge in [-0.25, -0.2) is 0 Å². The first-order chi connectivity index (χ1) is 5.79. The number of rotatable bonds is 5. The molecular formula is C9H19NO2. The van der Waals surface area contributed by atoms with Crippen molar-refractivity contribution in [3.05, 3.63) is 0 Å². The fraction of sp³-hybridized carbons (Fsp3) is 1.00. The maximum Gasteiger partial charge on any atom is 0.0517 e. The highest BCUT2D eigenvalue weighted by molar-refractivity contribution is 4.63. The summed E-state index contributed by atoms with van der Waals surface area (Å²) < 4.78 is 10.7. The van der Waals surface area contributed by atoms with E-state index in [0.29, 0.717) is 5.92 Å². The smallest absolute Gasteiger partial charge is 0.0517 e. The molecule has 3 heteroatoms. The molecule has 1 heterocycles. The average Bonchev–Trinajstić information content (AvgIpc) is 2.49. The minimum absolute atomic E-state index is 0.254. The Morgan fingerprint density at radius 3 is 3.08 bits per heavy atom. The van der Waals surface area contributed by atoms with Crippen molar-refractivity contribution >= 4 is 0 Å². The molecule has 2 N–H and O–H groups in total. The van der Waals surface area contributed by atoms with Crippen LogP contribution in [-0.4, -0.2) is 32.5 Å². The van der Waals surface area contributed by atoms with Crippen LogP contribution in [0.2, 0.25) is 0 Å². The predicted octanol–water partition coefficient (Wildman–Crippen LogP) is 0.777. The zero-order valence-electron chi connectivity index (χ0n) is 7.79. The molecule has 2 unspecified atom stereocenters. The summed E-state index contributed by atoms with van der Waals surface area (Å²) in [5, 5.41) is 0. The van der Waals surface area contributed by atoms with Crippen LogP contribution in [0.5, 0.6) is 0 Å². The molecule has 0 spiro atoms. The molecule has 0 aromatic heterocycles. The monoisotopic (exact) mass is 173 g/mol. The van der Waals surface area contributed by atoms with Gasteiger partial charge >= 0.3 is 0 Å². The third-order valence-corrected chi connectivity index (χ3v) is 2.10. The molecule has 0 radical (unpaired) electrons. The Bertz CT molecular complexity index is 111. The fourth-order valence-electron chi connectivity index (χ4n) is 1.23. The first kappa shape index (κ1) is 9.96. The summed E-state index contributed by atoms with van der Waals surface area (Å²) in [5.74, 6) is 0.623. The number of hydrogen-bond acceptors (Lipinski definition) is 3. The standard InChI is InChI=1S/C9H19NO2/c1-8(10)2-4-11-6-9-3-5-12-7-9/h8-9H,2-7,10H2,1H3. The van der Waals surface area contributed by atoms with Crippen LogP contribution in [0.25, 0.3) is 0 Å². The van der Waals surface area contributed by atoms with Crippen molar-refractivity contribution in [3.8, 4) is 0 Å². The lowest BCUT2D eigenvalue weighted by Crippen LogP contribution is -2.18. The Kier molecular flexibility index (Phi) is 4.58. The average molecular weight is 173 g/mol. The third kappa shape index (κ3) is 4.04. The van der Waals surface area contributed by atoms with Gasteiger partial charge in [-0.3, -0.25) is 0 Å². The summed E-state index contributed by atoms with van der Waals surface area (Å²) in [6.07, 6.45) is 2.10. The molecule has 0 amide bonds. The molecule has 72 valence electrons. The molecule has 2 atom stereocenters. The first-order valence-corrected chi connectivity index (χ1v) is 4.70. The second-order valence-corrected chi connectivity index (χ2v) is 3.57. The summed E-state index contributed by atoms with van der Waals surface area (Å²) in [7, 11) is 0. The summed E-state index contributed by atoms with van der Waals surface area (Å²) in [5.41, 5.74) is 5.58. The second kappa shape index (κ2) is 5.51. The van der Waals surface area contributed by atoms with Gasteiger partial charge in [0.25, 0.3) is 0 Å². The molecule has 0 saturated carbocycles. The summed E-state index contributed by atoms with van der Waals surface area (Å²) in [6, 6.07) is 0.254. The lowest BCUT2D eigenvalue weighted by atomic mass is 10.1. The van der Waals surface area contributed by atoms with E-state index in [1.165, 1.54) is 0 Å². The fourth-order valence-corrected chi connectivity index (χ4v) is 1.23. The molecule has 1 rings (SSSR count). The van der Waals surface area contributed by atoms with Gasteiger partial charge in [-0.05, 0) is 19.8 Å². The van der Waals surface area contributed by atoms with Gasteiger partial charge in [-0.15, -0.1) is 0 Å². The molecule has 0 aliphatic carbocycles. The van der Waals surface area contributed by atoms with Crippen LogP contribution in [0, 0.1) is 5.92 Å². The van der Waals surface area contributed by atoms with Gasteiger partial charge in [-0.2, -0.15) is 0 Å². The van der Waals surface area contributed by atoms with Crippen LogP contribution in [-0.2, 0) is 9.47 Å². The Labute approximate surface area is 74.2 Å². The summed E-state index contributed by atoms with van der Waals surface area (Å²) in [4.78, 5) is 0. The van der Waals surface area contributed by atoms with E-state index < -0.39 is 0 Å². The van der Waals surface area contributed by atoms with E-state index in [-0.39, 0.29) is 6.04 Å². The molecule has 1 aliphatic rings. The zero-order chi connectivity index (χ0) is 8.81. The maximum absolute atomic E-state index is 5.58. The van der Waals surface area contributed by atoms with Crippen LogP contribution in [0.15, 0.2) is 0 Å². The van der Waals surface area contributed by atoms with E-state index in [4.69, 9.17) is 15.2 Å². The van der Waals surface area contributed by atoms with Gasteiger partial charge in [0, 0.05) is 25.2 Å². The number of nitrogens with two attached hydrogens (primary N) is 1. The van der Waals surface area contributed by atoms with Gasteiger partial charge in [-0.1, -0.05) is 0 Å². The molecule has 1 fully saturated rings. The van der Waals surface area contributed by atoms with E-state index in [1.807, 2.05) is 6.92 Å². The van der Waals surface area contributed by atoms with E-state index in [0.717, 1.165) is 39.3 Å². The van der Waals surface area contributed by atoms with Crippen molar-refractivity contribution in [3.63, 3.8) is 0 Å². The lowest BCUT2D eigenvalue weighted by Gasteiger charge is -2.09. The Hall–Kier alpha value is -0.120. The van der Waals surface area contributed by atoms with E-state index in [1.54, 1.807) is 0 Å². The van der Waals surface area contributed by atoms with Gasteiger partial charge in [0.05, 0.1) is 13.2 Å². The highest BCUT2D eigenvalue weighted by Crippen LogP contribution is 2.12. The first-order valence-electron chi connectivity index (χ1n) is 4.70. The lowest BCUT2D eigenvalue weighted by molar-refractivity contribution is 0.0861. The molecule has 0 aromatic carbocycles. The Morgan fingerprint density at radius 1 is 1.67 bits per heavy atom. The maximum atomic E-state index is 5.58. The predicted molar refractivity (Wildman–Crippen MR) is 48.0 cm³/mol. The van der Waals surface area contributed by atoms with Gasteiger partial charge < -0.3 is 15.2 Å². The van der Waals surface area contributed by atoms with Crippen molar-refractivity contribution in [1.82, 2.24) is 0 Å². The van der Waals surface area contributed by atoms with Crippen LogP contribution in [0.3, 0.4) is 0 Å². The molecule has 1 aliphatic heterocycles. The topological polar surface area (TPSA) is 44.5 Å². The van der Waals surface area contributed by atoms with E-state index >= 15 is 0 Å². The summed E-state index contributed by atoms with van der Waals surface area (Å²) >= 11 is 0. The normalized spacial score (nSPS) is 26.0. The van der Waals surface area contributed by atoms with Crippen LogP contribution in [0.4, 0.5) is 0 Å². The highest BCUT2D eigenvalue weighted by atomic mass is 16.5. The van der Waals surface area contributed by atoms with E-state index in [2.05, 4.69) is 0 Å². The van der Waals surface area contributed by atoms with Crippen molar-refractivity contribution in [2.45, 2.75) is 25.8 Å². The Morgan fingerprint density at radius 2 is 2.50 bits per heavy atom. The number of hydrogen-bond donors (Lipinski definition) is 1. The van der Waals surface area contributed by atoms with Gasteiger partial charge in [0.1, 0.15) is 0 Å². The van der Waals surface area contributed by atoms with Crippen LogP contribution < -0.4 is 5.73 Å². The molecular weight excluding hydrogens is 154 g/mol. The largest absolute Gasteiger partial charge is 0.381 e. The highest BCUT2D eigenvalue weighted by Gasteiger charge is 2.15. The van der Waals surface area contributed by atoms with Gasteiger partial charge in [0.15, 0.2) is 0 Å². The van der Waals surface area contributed by atoms with Crippen LogP contribution >= 0.6 is 0 Å². The van der Waals surface area contributed by atoms with Crippen LogP contribution in [0.1, 0.15) is 19.8 Å². The second-order valence-electron chi connectivity index (χ2n) is 3.57. The minimum atomic E-state index is 0.254. The Balaban J connectivity index is 1.88. The molecule has 1 saturated heterocycles. The van der Waals surface area contributed by atoms with E-state index in [9.17, 15) is 0 Å². The summed E-state index contributed by atoms with van der Waals surface area (Å²) in [6.45, 7) is 5.41. The van der Waals surface area contributed by atoms with Crippen molar-refractivity contribution in [2.75, 3.05) is 26.4 Å². The molecule has 0 bridgehead atoms. The molecule has 3 nitrogen and oxygen atoms in total. The molecule has 0 aromatic rings. The van der Waals surface area contributed by atoms with Crippen molar-refractivity contribution < 1.29 is 9.47 Å². The SMILES string of the molecule is CC(N)CCOCC1CCOC1. The van der Waals surface area contributed by atoms with Crippen molar-refractivity contribution in [1.29, 1.82) is 0 Å².